The number of carbonyl (C=O) groups is 3. The maximum absolute atomic E-state index is 12.6. The molecule has 3 aliphatic heterocycles. The fourth-order valence-corrected chi connectivity index (χ4v) is 3.43. The first-order valence-electron chi connectivity index (χ1n) is 7.27. The van der Waals surface area contributed by atoms with Crippen molar-refractivity contribution in [2.24, 2.45) is 0 Å². The summed E-state index contributed by atoms with van der Waals surface area (Å²) < 4.78 is 0. The smallest absolute Gasteiger partial charge is 0.257 e. The van der Waals surface area contributed by atoms with E-state index in [1.54, 1.807) is 6.07 Å². The minimum absolute atomic E-state index is 0.170. The van der Waals surface area contributed by atoms with E-state index in [1.807, 2.05) is 6.07 Å². The van der Waals surface area contributed by atoms with Crippen LogP contribution in [0.5, 0.6) is 0 Å². The van der Waals surface area contributed by atoms with Crippen molar-refractivity contribution in [2.45, 2.75) is 38.2 Å². The molecular formula is C15H15N3O4. The lowest BCUT2D eigenvalue weighted by atomic mass is 10.0. The molecule has 3 amide bonds. The molecule has 0 bridgehead atoms. The van der Waals surface area contributed by atoms with E-state index >= 15 is 0 Å². The SMILES string of the molecule is O=C1CCC(N2C(=O)c3cc4c(cc3C2O)CNC4)C(=O)N1. The van der Waals surface area contributed by atoms with Crippen molar-refractivity contribution in [1.82, 2.24) is 15.5 Å². The van der Waals surface area contributed by atoms with E-state index in [9.17, 15) is 19.5 Å². The number of piperidine rings is 1. The van der Waals surface area contributed by atoms with Gasteiger partial charge in [0.1, 0.15) is 6.04 Å². The van der Waals surface area contributed by atoms with Gasteiger partial charge in [0.05, 0.1) is 0 Å². The zero-order valence-corrected chi connectivity index (χ0v) is 11.8. The van der Waals surface area contributed by atoms with Crippen LogP contribution in [-0.4, -0.2) is 33.8 Å². The van der Waals surface area contributed by atoms with Crippen LogP contribution in [0.15, 0.2) is 12.1 Å². The number of nitrogens with one attached hydrogen (secondary N) is 2. The normalized spacial score (nSPS) is 27.0. The number of hydrogen-bond donors (Lipinski definition) is 3. The van der Waals surface area contributed by atoms with Gasteiger partial charge in [0.25, 0.3) is 5.91 Å². The number of amides is 3. The lowest BCUT2D eigenvalue weighted by molar-refractivity contribution is -0.139. The van der Waals surface area contributed by atoms with Gasteiger partial charge < -0.3 is 10.4 Å². The van der Waals surface area contributed by atoms with Crippen LogP contribution in [0.2, 0.25) is 0 Å². The van der Waals surface area contributed by atoms with E-state index in [2.05, 4.69) is 10.6 Å². The molecule has 3 aliphatic rings. The fourth-order valence-electron chi connectivity index (χ4n) is 3.43. The summed E-state index contributed by atoms with van der Waals surface area (Å²) in [6, 6.07) is 2.82. The van der Waals surface area contributed by atoms with Crippen LogP contribution in [0.3, 0.4) is 0 Å². The summed E-state index contributed by atoms with van der Waals surface area (Å²) in [7, 11) is 0. The summed E-state index contributed by atoms with van der Waals surface area (Å²) in [4.78, 5) is 37.0. The molecule has 7 heteroatoms. The van der Waals surface area contributed by atoms with Gasteiger partial charge in [-0.1, -0.05) is 0 Å². The molecule has 2 unspecified atom stereocenters. The summed E-state index contributed by atoms with van der Waals surface area (Å²) in [6.45, 7) is 1.41. The van der Waals surface area contributed by atoms with Gasteiger partial charge in [-0.2, -0.15) is 0 Å². The summed E-state index contributed by atoms with van der Waals surface area (Å²) in [5.74, 6) is -1.22. The van der Waals surface area contributed by atoms with E-state index in [1.165, 1.54) is 4.90 Å². The Morgan fingerprint density at radius 1 is 1.14 bits per heavy atom. The Morgan fingerprint density at radius 2 is 1.86 bits per heavy atom. The molecule has 0 radical (unpaired) electrons. The van der Waals surface area contributed by atoms with Gasteiger partial charge in [0.2, 0.25) is 11.8 Å². The largest absolute Gasteiger partial charge is 0.369 e. The van der Waals surface area contributed by atoms with Crippen LogP contribution >= 0.6 is 0 Å². The Balaban J connectivity index is 1.71. The Kier molecular flexibility index (Phi) is 2.82. The number of imide groups is 1. The van der Waals surface area contributed by atoms with Gasteiger partial charge in [-0.05, 0) is 29.7 Å². The van der Waals surface area contributed by atoms with E-state index in [0.29, 0.717) is 24.2 Å². The molecule has 0 saturated carbocycles. The summed E-state index contributed by atoms with van der Waals surface area (Å²) in [5.41, 5.74) is 3.09. The quantitative estimate of drug-likeness (QED) is 0.610. The standard InChI is InChI=1S/C15H15N3O4/c19-12-2-1-11(13(20)17-12)18-14(21)9-3-7-5-16-6-8(7)4-10(9)15(18)22/h3-4,11,14,16,21H,1-2,5-6H2,(H,17,19,20). The number of hydrogen-bond acceptors (Lipinski definition) is 5. The minimum Gasteiger partial charge on any atom is -0.369 e. The number of rotatable bonds is 1. The van der Waals surface area contributed by atoms with Crippen LogP contribution in [-0.2, 0) is 22.7 Å². The van der Waals surface area contributed by atoms with Gasteiger partial charge in [-0.15, -0.1) is 0 Å². The number of benzene rings is 1. The van der Waals surface area contributed by atoms with Crippen molar-refractivity contribution < 1.29 is 19.5 Å². The van der Waals surface area contributed by atoms with E-state index in [0.717, 1.165) is 11.1 Å². The molecule has 2 atom stereocenters. The van der Waals surface area contributed by atoms with Crippen molar-refractivity contribution in [2.75, 3.05) is 0 Å². The van der Waals surface area contributed by atoms with Crippen molar-refractivity contribution in [3.8, 4) is 0 Å². The predicted molar refractivity (Wildman–Crippen MR) is 74.3 cm³/mol. The van der Waals surface area contributed by atoms with Gasteiger partial charge >= 0.3 is 0 Å². The molecule has 0 spiro atoms. The highest BCUT2D eigenvalue weighted by Crippen LogP contribution is 2.37. The van der Waals surface area contributed by atoms with Gasteiger partial charge in [-0.3, -0.25) is 24.6 Å². The average Bonchev–Trinajstić information content (AvgIpc) is 3.03. The summed E-state index contributed by atoms with van der Waals surface area (Å²) in [6.07, 6.45) is -0.732. The van der Waals surface area contributed by atoms with Crippen molar-refractivity contribution in [1.29, 1.82) is 0 Å². The molecule has 1 aromatic rings. The highest BCUT2D eigenvalue weighted by molar-refractivity contribution is 6.05. The van der Waals surface area contributed by atoms with E-state index in [4.69, 9.17) is 0 Å². The van der Waals surface area contributed by atoms with Crippen LogP contribution in [0.1, 0.15) is 46.1 Å². The molecule has 1 fully saturated rings. The Hall–Kier alpha value is -2.25. The number of nitrogens with zero attached hydrogens (tertiary/aromatic N) is 1. The highest BCUT2D eigenvalue weighted by Gasteiger charge is 2.44. The van der Waals surface area contributed by atoms with Gasteiger partial charge in [-0.25, -0.2) is 0 Å². The van der Waals surface area contributed by atoms with E-state index < -0.39 is 18.2 Å². The Labute approximate surface area is 126 Å². The first kappa shape index (κ1) is 13.4. The maximum Gasteiger partial charge on any atom is 0.257 e. The molecule has 3 heterocycles. The van der Waals surface area contributed by atoms with Gasteiger partial charge in [0.15, 0.2) is 6.23 Å². The molecule has 1 aromatic carbocycles. The van der Waals surface area contributed by atoms with Crippen LogP contribution in [0, 0.1) is 0 Å². The third-order valence-electron chi connectivity index (χ3n) is 4.56. The second-order valence-corrected chi connectivity index (χ2v) is 5.86. The molecule has 22 heavy (non-hydrogen) atoms. The van der Waals surface area contributed by atoms with Crippen molar-refractivity contribution in [3.63, 3.8) is 0 Å². The van der Waals surface area contributed by atoms with E-state index in [-0.39, 0.29) is 24.7 Å². The highest BCUT2D eigenvalue weighted by atomic mass is 16.3. The second-order valence-electron chi connectivity index (χ2n) is 5.86. The molecule has 0 aliphatic carbocycles. The zero-order valence-electron chi connectivity index (χ0n) is 11.8. The van der Waals surface area contributed by atoms with Crippen LogP contribution in [0.4, 0.5) is 0 Å². The van der Waals surface area contributed by atoms with Crippen molar-refractivity contribution >= 4 is 17.7 Å². The van der Waals surface area contributed by atoms with Crippen LogP contribution in [0.25, 0.3) is 0 Å². The summed E-state index contributed by atoms with van der Waals surface area (Å²) in [5, 5.41) is 15.9. The Bertz CT molecular complexity index is 715. The number of aliphatic hydroxyl groups is 1. The maximum atomic E-state index is 12.6. The summed E-state index contributed by atoms with van der Waals surface area (Å²) >= 11 is 0. The molecule has 1 saturated heterocycles. The topological polar surface area (TPSA) is 98.7 Å². The molecule has 4 rings (SSSR count). The molecule has 0 aromatic heterocycles. The first-order chi connectivity index (χ1) is 10.6. The first-order valence-corrected chi connectivity index (χ1v) is 7.27. The Morgan fingerprint density at radius 3 is 2.59 bits per heavy atom. The van der Waals surface area contributed by atoms with Gasteiger partial charge in [0, 0.05) is 30.6 Å². The van der Waals surface area contributed by atoms with Crippen molar-refractivity contribution in [3.05, 3.63) is 34.4 Å². The average molecular weight is 301 g/mol. The monoisotopic (exact) mass is 301 g/mol. The molecule has 114 valence electrons. The lowest BCUT2D eigenvalue weighted by Gasteiger charge is -2.31. The third kappa shape index (κ3) is 1.79. The molecule has 7 nitrogen and oxygen atoms in total. The number of aliphatic hydroxyl groups excluding tert-OH is 1. The number of fused-ring (bicyclic) bond motifs is 2. The van der Waals surface area contributed by atoms with Crippen LogP contribution < -0.4 is 10.6 Å². The molecule has 3 N–H and O–H groups in total. The molecular weight excluding hydrogens is 286 g/mol. The predicted octanol–water partition coefficient (Wildman–Crippen LogP) is -0.458. The zero-order chi connectivity index (χ0) is 15.4. The third-order valence-corrected chi connectivity index (χ3v) is 4.56. The second kappa shape index (κ2) is 4.62. The number of carbonyl (C=O) groups excluding carboxylic acids is 3. The minimum atomic E-state index is -1.14. The fraction of sp³-hybridized carbons (Fsp3) is 0.400. The lowest BCUT2D eigenvalue weighted by Crippen LogP contribution is -2.53.